The van der Waals surface area contributed by atoms with E-state index in [-0.39, 0.29) is 23.9 Å². The number of carbonyl (C=O) groups excluding carboxylic acids is 1. The van der Waals surface area contributed by atoms with Crippen LogP contribution in [0.15, 0.2) is 12.2 Å². The molecule has 1 aliphatic heterocycles. The van der Waals surface area contributed by atoms with Crippen molar-refractivity contribution in [2.75, 3.05) is 13.7 Å². The van der Waals surface area contributed by atoms with E-state index in [1.165, 1.54) is 7.11 Å². The van der Waals surface area contributed by atoms with Crippen LogP contribution in [-0.2, 0) is 19.0 Å². The molecule has 4 nitrogen and oxygen atoms in total. The van der Waals surface area contributed by atoms with Gasteiger partial charge in [0, 0.05) is 5.92 Å². The van der Waals surface area contributed by atoms with Gasteiger partial charge in [-0.3, -0.25) is 4.79 Å². The van der Waals surface area contributed by atoms with E-state index in [9.17, 15) is 4.79 Å². The Hall–Kier alpha value is -0.870. The van der Waals surface area contributed by atoms with Gasteiger partial charge in [0.15, 0.2) is 5.79 Å². The lowest BCUT2D eigenvalue weighted by Crippen LogP contribution is -2.32. The van der Waals surface area contributed by atoms with Crippen molar-refractivity contribution in [1.82, 2.24) is 0 Å². The van der Waals surface area contributed by atoms with Crippen LogP contribution in [-0.4, -0.2) is 31.6 Å². The van der Waals surface area contributed by atoms with Crippen molar-refractivity contribution >= 4 is 5.97 Å². The average Bonchev–Trinajstić information content (AvgIpc) is 2.80. The summed E-state index contributed by atoms with van der Waals surface area (Å²) < 4.78 is 16.2. The molecule has 2 rings (SSSR count). The Balaban J connectivity index is 2.09. The topological polar surface area (TPSA) is 44.8 Å². The third kappa shape index (κ3) is 2.53. The highest BCUT2D eigenvalue weighted by atomic mass is 16.7. The summed E-state index contributed by atoms with van der Waals surface area (Å²) in [4.78, 5) is 11.7. The Kier molecular flexibility index (Phi) is 3.27. The summed E-state index contributed by atoms with van der Waals surface area (Å²) in [6.07, 6.45) is 1.50. The summed E-state index contributed by atoms with van der Waals surface area (Å²) in [5.74, 6) is -0.705. The minimum atomic E-state index is -0.546. The number of ether oxygens (including phenoxy) is 3. The van der Waals surface area contributed by atoms with Crippen LogP contribution in [0.2, 0.25) is 0 Å². The van der Waals surface area contributed by atoms with E-state index in [0.29, 0.717) is 13.0 Å². The lowest BCUT2D eigenvalue weighted by atomic mass is 9.91. The van der Waals surface area contributed by atoms with Crippen molar-refractivity contribution in [3.05, 3.63) is 12.2 Å². The number of esters is 1. The monoisotopic (exact) mass is 240 g/mol. The quantitative estimate of drug-likeness (QED) is 0.546. The molecule has 2 fully saturated rings. The van der Waals surface area contributed by atoms with E-state index in [4.69, 9.17) is 14.2 Å². The first-order valence-electron chi connectivity index (χ1n) is 5.99. The van der Waals surface area contributed by atoms with Gasteiger partial charge in [-0.05, 0) is 26.7 Å². The summed E-state index contributed by atoms with van der Waals surface area (Å²) in [7, 11) is 1.43. The summed E-state index contributed by atoms with van der Waals surface area (Å²) in [6.45, 7) is 8.30. The van der Waals surface area contributed by atoms with Crippen LogP contribution in [0.4, 0.5) is 0 Å². The van der Waals surface area contributed by atoms with Gasteiger partial charge in [-0.1, -0.05) is 12.2 Å². The molecule has 1 aliphatic carbocycles. The molecule has 0 aromatic heterocycles. The molecule has 2 aliphatic rings. The molecule has 0 radical (unpaired) electrons. The summed E-state index contributed by atoms with van der Waals surface area (Å²) in [5, 5.41) is 0. The SMILES string of the molecule is C=C1C[C@H]([C@@H]2COC(C)(C)O2)[C@@H](C(=O)OC)C1. The molecule has 4 heteroatoms. The normalized spacial score (nSPS) is 36.2. The number of rotatable bonds is 2. The molecule has 96 valence electrons. The van der Waals surface area contributed by atoms with Crippen molar-refractivity contribution < 1.29 is 19.0 Å². The Labute approximate surface area is 102 Å². The van der Waals surface area contributed by atoms with E-state index in [2.05, 4.69) is 6.58 Å². The van der Waals surface area contributed by atoms with Gasteiger partial charge < -0.3 is 14.2 Å². The first-order chi connectivity index (χ1) is 7.93. The molecular formula is C13H20O4. The third-order valence-corrected chi connectivity index (χ3v) is 3.56. The van der Waals surface area contributed by atoms with Gasteiger partial charge in [-0.25, -0.2) is 0 Å². The molecule has 0 aromatic carbocycles. The van der Waals surface area contributed by atoms with Gasteiger partial charge in [0.25, 0.3) is 0 Å². The van der Waals surface area contributed by atoms with E-state index in [1.807, 2.05) is 13.8 Å². The zero-order valence-corrected chi connectivity index (χ0v) is 10.7. The van der Waals surface area contributed by atoms with Crippen LogP contribution < -0.4 is 0 Å². The van der Waals surface area contributed by atoms with Crippen molar-refractivity contribution in [3.8, 4) is 0 Å². The highest BCUT2D eigenvalue weighted by molar-refractivity contribution is 5.73. The van der Waals surface area contributed by atoms with Gasteiger partial charge >= 0.3 is 5.97 Å². The van der Waals surface area contributed by atoms with Crippen LogP contribution in [0.3, 0.4) is 0 Å². The Morgan fingerprint density at radius 3 is 2.71 bits per heavy atom. The summed E-state index contributed by atoms with van der Waals surface area (Å²) in [6, 6.07) is 0. The Morgan fingerprint density at radius 1 is 1.47 bits per heavy atom. The van der Waals surface area contributed by atoms with Gasteiger partial charge in [0.1, 0.15) is 0 Å². The lowest BCUT2D eigenvalue weighted by Gasteiger charge is -2.24. The number of allylic oxidation sites excluding steroid dienone is 1. The molecule has 1 heterocycles. The molecule has 17 heavy (non-hydrogen) atoms. The lowest BCUT2D eigenvalue weighted by molar-refractivity contribution is -0.157. The van der Waals surface area contributed by atoms with Crippen molar-refractivity contribution in [1.29, 1.82) is 0 Å². The smallest absolute Gasteiger partial charge is 0.309 e. The predicted molar refractivity (Wildman–Crippen MR) is 62.3 cm³/mol. The standard InChI is InChI=1S/C13H20O4/c1-8-5-9(10(6-8)12(14)15-4)11-7-16-13(2,3)17-11/h9-11H,1,5-7H2,2-4H3/t9-,10-,11-/m0/s1. The van der Waals surface area contributed by atoms with Gasteiger partial charge in [0.05, 0.1) is 25.7 Å². The van der Waals surface area contributed by atoms with E-state index in [0.717, 1.165) is 12.0 Å². The largest absolute Gasteiger partial charge is 0.469 e. The first-order valence-corrected chi connectivity index (χ1v) is 5.99. The van der Waals surface area contributed by atoms with Gasteiger partial charge in [-0.2, -0.15) is 0 Å². The van der Waals surface area contributed by atoms with E-state index in [1.54, 1.807) is 0 Å². The zero-order chi connectivity index (χ0) is 12.6. The Morgan fingerprint density at radius 2 is 2.18 bits per heavy atom. The molecule has 3 atom stereocenters. The number of carbonyl (C=O) groups is 1. The third-order valence-electron chi connectivity index (χ3n) is 3.56. The van der Waals surface area contributed by atoms with Crippen molar-refractivity contribution in [3.63, 3.8) is 0 Å². The molecule has 0 N–H and O–H groups in total. The highest BCUT2D eigenvalue weighted by Crippen LogP contribution is 2.42. The first kappa shape index (κ1) is 12.6. The maximum absolute atomic E-state index is 11.7. The molecule has 0 amide bonds. The Bertz CT molecular complexity index is 334. The fraction of sp³-hybridized carbons (Fsp3) is 0.769. The molecule has 0 spiro atoms. The maximum atomic E-state index is 11.7. The maximum Gasteiger partial charge on any atom is 0.309 e. The minimum absolute atomic E-state index is 0.0339. The van der Waals surface area contributed by atoms with Crippen LogP contribution in [0.5, 0.6) is 0 Å². The predicted octanol–water partition coefficient (Wildman–Crippen LogP) is 1.89. The second-order valence-corrected chi connectivity index (χ2v) is 5.32. The molecule has 0 unspecified atom stereocenters. The fourth-order valence-electron chi connectivity index (χ4n) is 2.75. The van der Waals surface area contributed by atoms with E-state index < -0.39 is 5.79 Å². The van der Waals surface area contributed by atoms with Crippen LogP contribution in [0.25, 0.3) is 0 Å². The zero-order valence-electron chi connectivity index (χ0n) is 10.7. The molecule has 1 saturated heterocycles. The van der Waals surface area contributed by atoms with Gasteiger partial charge in [-0.15, -0.1) is 0 Å². The summed E-state index contributed by atoms with van der Waals surface area (Å²) in [5.41, 5.74) is 1.10. The van der Waals surface area contributed by atoms with Crippen molar-refractivity contribution in [2.24, 2.45) is 11.8 Å². The molecule has 0 aromatic rings. The van der Waals surface area contributed by atoms with E-state index >= 15 is 0 Å². The number of methoxy groups -OCH3 is 1. The average molecular weight is 240 g/mol. The second kappa shape index (κ2) is 4.42. The number of hydrogen-bond acceptors (Lipinski definition) is 4. The van der Waals surface area contributed by atoms with Crippen LogP contribution in [0.1, 0.15) is 26.7 Å². The summed E-state index contributed by atoms with van der Waals surface area (Å²) >= 11 is 0. The molecule has 1 saturated carbocycles. The number of hydrogen-bond donors (Lipinski definition) is 0. The molecular weight excluding hydrogens is 220 g/mol. The van der Waals surface area contributed by atoms with Crippen LogP contribution in [0, 0.1) is 11.8 Å². The highest BCUT2D eigenvalue weighted by Gasteiger charge is 2.46. The molecule has 0 bridgehead atoms. The minimum Gasteiger partial charge on any atom is -0.469 e. The van der Waals surface area contributed by atoms with Gasteiger partial charge in [0.2, 0.25) is 0 Å². The second-order valence-electron chi connectivity index (χ2n) is 5.32. The van der Waals surface area contributed by atoms with Crippen molar-refractivity contribution in [2.45, 2.75) is 38.6 Å². The fourth-order valence-corrected chi connectivity index (χ4v) is 2.75. The van der Waals surface area contributed by atoms with Crippen LogP contribution >= 0.6 is 0 Å².